The molecule has 6 nitrogen and oxygen atoms in total. The molecule has 1 aromatic heterocycles. The van der Waals surface area contributed by atoms with E-state index >= 15 is 0 Å². The maximum absolute atomic E-state index is 13.8. The van der Waals surface area contributed by atoms with Crippen molar-refractivity contribution in [2.45, 2.75) is 104 Å². The Hall–Kier alpha value is -2.15. The van der Waals surface area contributed by atoms with Crippen molar-refractivity contribution in [1.29, 1.82) is 0 Å². The molecule has 2 N–H and O–H groups in total. The molecule has 37 heavy (non-hydrogen) atoms. The number of carbonyl (C=O) groups is 3. The SMILES string of the molecule is CCOC(=O)c1c(NC(=O)[C@H]2[C@@H](C(=O)O)[C@H]3CC[C@H]2C3=C(C)C)sc2c1CCCCCCCCCCC2. The van der Waals surface area contributed by atoms with Crippen LogP contribution >= 0.6 is 11.3 Å². The molecule has 2 saturated carbocycles. The summed E-state index contributed by atoms with van der Waals surface area (Å²) >= 11 is 1.50. The minimum absolute atomic E-state index is 0.0356. The number of fused-ring (bicyclic) bond motifs is 3. The largest absolute Gasteiger partial charge is 0.481 e. The highest BCUT2D eigenvalue weighted by Gasteiger charge is 2.57. The van der Waals surface area contributed by atoms with Crippen LogP contribution in [0.1, 0.15) is 112 Å². The Balaban J connectivity index is 1.65. The third kappa shape index (κ3) is 5.97. The maximum Gasteiger partial charge on any atom is 0.341 e. The molecule has 0 radical (unpaired) electrons. The van der Waals surface area contributed by atoms with E-state index in [2.05, 4.69) is 5.32 Å². The van der Waals surface area contributed by atoms with Crippen molar-refractivity contribution < 1.29 is 24.2 Å². The number of anilines is 1. The first-order chi connectivity index (χ1) is 17.8. The molecule has 4 atom stereocenters. The second-order valence-electron chi connectivity index (χ2n) is 11.2. The molecule has 0 saturated heterocycles. The standard InChI is InChI=1S/C30H43NO5S/c1-4-36-30(35)26-19-14-12-10-8-6-5-7-9-11-13-15-22(19)37-28(26)31-27(32)24-20-16-17-21(23(20)18(2)3)25(24)29(33)34/h20-21,24-25H,4-17H2,1-3H3,(H,31,32)(H,33,34)/t20-,21-,24+,25-/m0/s1. The quantitative estimate of drug-likeness (QED) is 0.312. The van der Waals surface area contributed by atoms with Crippen molar-refractivity contribution in [3.8, 4) is 0 Å². The van der Waals surface area contributed by atoms with Crippen molar-refractivity contribution in [2.24, 2.45) is 23.7 Å². The minimum atomic E-state index is -0.897. The van der Waals surface area contributed by atoms with Gasteiger partial charge in [0.2, 0.25) is 5.91 Å². The van der Waals surface area contributed by atoms with Crippen LogP contribution in [0.3, 0.4) is 0 Å². The summed E-state index contributed by atoms with van der Waals surface area (Å²) < 4.78 is 5.46. The molecule has 0 aliphatic heterocycles. The van der Waals surface area contributed by atoms with Crippen LogP contribution < -0.4 is 5.32 Å². The lowest BCUT2D eigenvalue weighted by molar-refractivity contribution is -0.148. The van der Waals surface area contributed by atoms with E-state index in [1.807, 2.05) is 13.8 Å². The summed E-state index contributed by atoms with van der Waals surface area (Å²) in [5.74, 6) is -2.97. The van der Waals surface area contributed by atoms with Gasteiger partial charge in [0, 0.05) is 4.88 Å². The number of aryl methyl sites for hydroxylation is 1. The van der Waals surface area contributed by atoms with E-state index in [1.165, 1.54) is 54.7 Å². The fourth-order valence-electron chi connectivity index (χ4n) is 7.11. The smallest absolute Gasteiger partial charge is 0.341 e. The summed E-state index contributed by atoms with van der Waals surface area (Å²) in [7, 11) is 0. The van der Waals surface area contributed by atoms with Crippen LogP contribution in [0, 0.1) is 23.7 Å². The van der Waals surface area contributed by atoms with Gasteiger partial charge < -0.3 is 15.2 Å². The number of esters is 1. The lowest BCUT2D eigenvalue weighted by Crippen LogP contribution is -2.38. The summed E-state index contributed by atoms with van der Waals surface area (Å²) in [6.07, 6.45) is 14.1. The van der Waals surface area contributed by atoms with Gasteiger partial charge >= 0.3 is 11.9 Å². The first-order valence-electron chi connectivity index (χ1n) is 14.4. The van der Waals surface area contributed by atoms with E-state index in [-0.39, 0.29) is 30.3 Å². The number of carboxylic acids is 1. The Morgan fingerprint density at radius 3 is 2.03 bits per heavy atom. The molecule has 1 amide bonds. The van der Waals surface area contributed by atoms with Gasteiger partial charge in [-0.15, -0.1) is 11.3 Å². The normalized spacial score (nSPS) is 26.4. The average molecular weight is 530 g/mol. The molecule has 3 aliphatic carbocycles. The summed E-state index contributed by atoms with van der Waals surface area (Å²) in [6.45, 7) is 6.12. The molecule has 7 heteroatoms. The van der Waals surface area contributed by atoms with Crippen molar-refractivity contribution in [1.82, 2.24) is 0 Å². The van der Waals surface area contributed by atoms with Gasteiger partial charge in [-0.05, 0) is 76.7 Å². The number of nitrogens with one attached hydrogen (secondary N) is 1. The molecular weight excluding hydrogens is 486 g/mol. The zero-order valence-electron chi connectivity index (χ0n) is 22.7. The van der Waals surface area contributed by atoms with Gasteiger partial charge in [0.1, 0.15) is 5.00 Å². The summed E-state index contributed by atoms with van der Waals surface area (Å²) in [6, 6.07) is 0. The zero-order valence-corrected chi connectivity index (χ0v) is 23.5. The van der Waals surface area contributed by atoms with Crippen LogP contribution in [0.4, 0.5) is 5.00 Å². The number of carbonyl (C=O) groups excluding carboxylic acids is 2. The van der Waals surface area contributed by atoms with Gasteiger partial charge in [-0.3, -0.25) is 9.59 Å². The fraction of sp³-hybridized carbons (Fsp3) is 0.700. The van der Waals surface area contributed by atoms with Crippen LogP contribution in [0.25, 0.3) is 0 Å². The molecule has 1 aromatic rings. The number of hydrogen-bond acceptors (Lipinski definition) is 5. The van der Waals surface area contributed by atoms with E-state index < -0.39 is 17.8 Å². The number of carboxylic acid groups (broad SMARTS) is 1. The van der Waals surface area contributed by atoms with E-state index in [1.54, 1.807) is 6.92 Å². The second-order valence-corrected chi connectivity index (χ2v) is 12.3. The first kappa shape index (κ1) is 27.9. The summed E-state index contributed by atoms with van der Waals surface area (Å²) in [5, 5.41) is 13.7. The first-order valence-corrected chi connectivity index (χ1v) is 15.2. The van der Waals surface area contributed by atoms with Crippen molar-refractivity contribution in [2.75, 3.05) is 11.9 Å². The Morgan fingerprint density at radius 1 is 0.892 bits per heavy atom. The Kier molecular flexibility index (Phi) is 9.49. The molecule has 2 fully saturated rings. The zero-order chi connectivity index (χ0) is 26.5. The molecule has 0 aromatic carbocycles. The van der Waals surface area contributed by atoms with E-state index in [9.17, 15) is 19.5 Å². The van der Waals surface area contributed by atoms with Crippen LogP contribution in [0.2, 0.25) is 0 Å². The average Bonchev–Trinajstić information content (AvgIpc) is 3.52. The predicted octanol–water partition coefficient (Wildman–Crippen LogP) is 7.17. The van der Waals surface area contributed by atoms with Crippen molar-refractivity contribution in [3.05, 3.63) is 27.2 Å². The number of hydrogen-bond donors (Lipinski definition) is 2. The number of amides is 1. The number of aliphatic carboxylic acids is 1. The van der Waals surface area contributed by atoms with Gasteiger partial charge in [0.05, 0.1) is 24.0 Å². The van der Waals surface area contributed by atoms with Crippen LogP contribution in [0.15, 0.2) is 11.1 Å². The van der Waals surface area contributed by atoms with Gasteiger partial charge in [-0.1, -0.05) is 56.1 Å². The van der Waals surface area contributed by atoms with E-state index in [0.29, 0.717) is 10.6 Å². The van der Waals surface area contributed by atoms with E-state index in [4.69, 9.17) is 4.74 Å². The third-order valence-electron chi connectivity index (χ3n) is 8.64. The number of allylic oxidation sites excluding steroid dienone is 2. The Labute approximate surface area is 225 Å². The molecule has 204 valence electrons. The molecule has 3 aliphatic rings. The number of rotatable bonds is 5. The van der Waals surface area contributed by atoms with Gasteiger partial charge in [0.15, 0.2) is 0 Å². The van der Waals surface area contributed by atoms with Gasteiger partial charge in [-0.2, -0.15) is 0 Å². The molecule has 0 spiro atoms. The molecule has 4 rings (SSSR count). The molecule has 0 unspecified atom stereocenters. The van der Waals surface area contributed by atoms with Crippen molar-refractivity contribution >= 4 is 34.2 Å². The minimum Gasteiger partial charge on any atom is -0.481 e. The summed E-state index contributed by atoms with van der Waals surface area (Å²) in [4.78, 5) is 40.4. The van der Waals surface area contributed by atoms with E-state index in [0.717, 1.165) is 61.7 Å². The van der Waals surface area contributed by atoms with Gasteiger partial charge in [-0.25, -0.2) is 4.79 Å². The van der Waals surface area contributed by atoms with Gasteiger partial charge in [0.25, 0.3) is 0 Å². The van der Waals surface area contributed by atoms with Crippen LogP contribution in [-0.4, -0.2) is 29.6 Å². The third-order valence-corrected chi connectivity index (χ3v) is 9.85. The predicted molar refractivity (Wildman–Crippen MR) is 147 cm³/mol. The fourth-order valence-corrected chi connectivity index (χ4v) is 8.39. The highest BCUT2D eigenvalue weighted by atomic mass is 32.1. The number of thiophene rings is 1. The Bertz CT molecular complexity index is 1040. The second kappa shape index (κ2) is 12.6. The lowest BCUT2D eigenvalue weighted by Gasteiger charge is -2.26. The highest BCUT2D eigenvalue weighted by molar-refractivity contribution is 7.17. The van der Waals surface area contributed by atoms with Crippen molar-refractivity contribution in [3.63, 3.8) is 0 Å². The number of ether oxygens (including phenoxy) is 1. The molecule has 1 heterocycles. The summed E-state index contributed by atoms with van der Waals surface area (Å²) in [5.41, 5.74) is 3.83. The lowest BCUT2D eigenvalue weighted by atomic mass is 9.78. The van der Waals surface area contributed by atoms with Crippen LogP contribution in [-0.2, 0) is 27.2 Å². The topological polar surface area (TPSA) is 92.7 Å². The molecule has 2 bridgehead atoms. The maximum atomic E-state index is 13.8. The highest BCUT2D eigenvalue weighted by Crippen LogP contribution is 2.57. The van der Waals surface area contributed by atoms with Crippen LogP contribution in [0.5, 0.6) is 0 Å². The monoisotopic (exact) mass is 529 g/mol. The Morgan fingerprint density at radius 2 is 1.46 bits per heavy atom. The molecular formula is C30H43NO5S.